The Kier molecular flexibility index (Phi) is 3.27. The van der Waals surface area contributed by atoms with Gasteiger partial charge in [-0.15, -0.1) is 12.3 Å². The zero-order chi connectivity index (χ0) is 7.94. The van der Waals surface area contributed by atoms with Gasteiger partial charge in [0.25, 0.3) is 0 Å². The molecule has 1 heterocycles. The molecule has 0 unspecified atom stereocenters. The lowest BCUT2D eigenvalue weighted by molar-refractivity contribution is 0.410. The van der Waals surface area contributed by atoms with Crippen LogP contribution in [0.15, 0.2) is 16.9 Å². The molecule has 11 heavy (non-hydrogen) atoms. The predicted octanol–water partition coefficient (Wildman–Crippen LogP) is 2.02. The molecule has 1 aromatic rings. The molecule has 0 saturated carbocycles. The summed E-state index contributed by atoms with van der Waals surface area (Å²) in [6, 6.07) is 1.88. The van der Waals surface area contributed by atoms with Gasteiger partial charge in [0.15, 0.2) is 0 Å². The largest absolute Gasteiger partial charge is 0.365 e. The van der Waals surface area contributed by atoms with E-state index < -0.39 is 0 Å². The Morgan fingerprint density at radius 3 is 3.09 bits per heavy atom. The zero-order valence-electron chi connectivity index (χ0n) is 6.42. The van der Waals surface area contributed by atoms with Crippen LogP contribution in [0.2, 0.25) is 0 Å². The third-order valence-corrected chi connectivity index (χ3v) is 1.50. The molecule has 2 heteroatoms. The highest BCUT2D eigenvalue weighted by Gasteiger charge is 1.94. The number of unbranched alkanes of at least 4 members (excludes halogenated alkanes) is 2. The average molecular weight is 149 g/mol. The Hall–Kier alpha value is -1.23. The molecule has 0 fully saturated rings. The monoisotopic (exact) mass is 149 g/mol. The molecule has 0 saturated heterocycles. The van der Waals surface area contributed by atoms with Crippen LogP contribution >= 0.6 is 0 Å². The lowest BCUT2D eigenvalue weighted by Crippen LogP contribution is -1.84. The number of aromatic nitrogens is 1. The third kappa shape index (κ3) is 2.90. The second kappa shape index (κ2) is 4.56. The van der Waals surface area contributed by atoms with Crippen molar-refractivity contribution in [3.05, 3.63) is 18.0 Å². The molecule has 0 bridgehead atoms. The van der Waals surface area contributed by atoms with Crippen LogP contribution in [0.25, 0.3) is 0 Å². The Morgan fingerprint density at radius 1 is 1.55 bits per heavy atom. The molecule has 0 aliphatic rings. The average Bonchev–Trinajstić information content (AvgIpc) is 2.50. The Morgan fingerprint density at radius 2 is 2.45 bits per heavy atom. The van der Waals surface area contributed by atoms with E-state index in [0.717, 1.165) is 31.4 Å². The molecule has 0 radical (unpaired) electrons. The minimum Gasteiger partial charge on any atom is -0.365 e. The number of hydrogen-bond donors (Lipinski definition) is 0. The summed E-state index contributed by atoms with van der Waals surface area (Å²) < 4.78 is 4.68. The van der Waals surface area contributed by atoms with Crippen molar-refractivity contribution in [2.45, 2.75) is 25.7 Å². The standard InChI is InChI=1S/C9H11NO/c1-2-3-4-5-6-9-7-8-11-10-9/h1,7-8H,3-6H2. The quantitative estimate of drug-likeness (QED) is 0.483. The van der Waals surface area contributed by atoms with Crippen molar-refractivity contribution in [1.82, 2.24) is 5.16 Å². The Bertz CT molecular complexity index is 220. The highest BCUT2D eigenvalue weighted by atomic mass is 16.5. The second-order valence-corrected chi connectivity index (χ2v) is 2.40. The fourth-order valence-electron chi connectivity index (χ4n) is 0.900. The van der Waals surface area contributed by atoms with Gasteiger partial charge in [0, 0.05) is 12.5 Å². The summed E-state index contributed by atoms with van der Waals surface area (Å²) in [5.41, 5.74) is 1.02. The fraction of sp³-hybridized carbons (Fsp3) is 0.444. The molecule has 0 aliphatic carbocycles. The van der Waals surface area contributed by atoms with E-state index in [4.69, 9.17) is 6.42 Å². The van der Waals surface area contributed by atoms with Crippen LogP contribution in [0.1, 0.15) is 25.0 Å². The van der Waals surface area contributed by atoms with Crippen molar-refractivity contribution in [2.24, 2.45) is 0 Å². The van der Waals surface area contributed by atoms with E-state index in [0.29, 0.717) is 0 Å². The van der Waals surface area contributed by atoms with Crippen molar-refractivity contribution in [3.8, 4) is 12.3 Å². The number of nitrogens with zero attached hydrogens (tertiary/aromatic N) is 1. The van der Waals surface area contributed by atoms with Gasteiger partial charge in [-0.3, -0.25) is 0 Å². The topological polar surface area (TPSA) is 26.0 Å². The minimum atomic E-state index is 0.859. The molecule has 0 atom stereocenters. The first kappa shape index (κ1) is 7.87. The summed E-state index contributed by atoms with van der Waals surface area (Å²) in [5.74, 6) is 2.60. The van der Waals surface area contributed by atoms with Crippen LogP contribution in [-0.4, -0.2) is 5.16 Å². The van der Waals surface area contributed by atoms with Gasteiger partial charge in [-0.1, -0.05) is 5.16 Å². The van der Waals surface area contributed by atoms with Crippen LogP contribution in [0.3, 0.4) is 0 Å². The lowest BCUT2D eigenvalue weighted by atomic mass is 10.1. The summed E-state index contributed by atoms with van der Waals surface area (Å²) in [7, 11) is 0. The van der Waals surface area contributed by atoms with Gasteiger partial charge in [0.2, 0.25) is 0 Å². The van der Waals surface area contributed by atoms with Crippen LogP contribution in [0.4, 0.5) is 0 Å². The van der Waals surface area contributed by atoms with Crippen molar-refractivity contribution in [3.63, 3.8) is 0 Å². The molecular formula is C9H11NO. The SMILES string of the molecule is C#CCCCCc1ccon1. The summed E-state index contributed by atoms with van der Waals surface area (Å²) in [5, 5.41) is 3.79. The third-order valence-electron chi connectivity index (χ3n) is 1.50. The van der Waals surface area contributed by atoms with Crippen LogP contribution < -0.4 is 0 Å². The van der Waals surface area contributed by atoms with Gasteiger partial charge in [-0.05, 0) is 19.3 Å². The summed E-state index contributed by atoms with van der Waals surface area (Å²) in [4.78, 5) is 0. The lowest BCUT2D eigenvalue weighted by Gasteiger charge is -1.91. The van der Waals surface area contributed by atoms with Gasteiger partial charge in [0.1, 0.15) is 6.26 Å². The van der Waals surface area contributed by atoms with Crippen LogP contribution in [-0.2, 0) is 6.42 Å². The molecule has 0 N–H and O–H groups in total. The maximum atomic E-state index is 5.10. The number of hydrogen-bond acceptors (Lipinski definition) is 2. The summed E-state index contributed by atoms with van der Waals surface area (Å²) in [6.07, 6.45) is 10.7. The van der Waals surface area contributed by atoms with E-state index in [2.05, 4.69) is 15.6 Å². The number of aryl methyl sites for hydroxylation is 1. The Labute approximate surface area is 66.6 Å². The van der Waals surface area contributed by atoms with Crippen molar-refractivity contribution in [2.75, 3.05) is 0 Å². The van der Waals surface area contributed by atoms with Crippen molar-refractivity contribution in [1.29, 1.82) is 0 Å². The molecule has 58 valence electrons. The molecular weight excluding hydrogens is 138 g/mol. The zero-order valence-corrected chi connectivity index (χ0v) is 6.42. The maximum absolute atomic E-state index is 5.10. The fourth-order valence-corrected chi connectivity index (χ4v) is 0.900. The smallest absolute Gasteiger partial charge is 0.124 e. The number of rotatable bonds is 4. The van der Waals surface area contributed by atoms with E-state index in [1.807, 2.05) is 6.07 Å². The van der Waals surface area contributed by atoms with Crippen LogP contribution in [0, 0.1) is 12.3 Å². The molecule has 0 aromatic carbocycles. The Balaban J connectivity index is 2.10. The first-order valence-electron chi connectivity index (χ1n) is 3.76. The molecule has 1 aromatic heterocycles. The first-order chi connectivity index (χ1) is 5.43. The highest BCUT2D eigenvalue weighted by Crippen LogP contribution is 2.02. The molecule has 2 nitrogen and oxygen atoms in total. The van der Waals surface area contributed by atoms with Gasteiger partial charge < -0.3 is 4.52 Å². The molecule has 0 amide bonds. The van der Waals surface area contributed by atoms with E-state index in [9.17, 15) is 0 Å². The van der Waals surface area contributed by atoms with Gasteiger partial charge in [-0.25, -0.2) is 0 Å². The van der Waals surface area contributed by atoms with Gasteiger partial charge in [-0.2, -0.15) is 0 Å². The van der Waals surface area contributed by atoms with E-state index in [1.165, 1.54) is 0 Å². The predicted molar refractivity (Wildman–Crippen MR) is 42.9 cm³/mol. The maximum Gasteiger partial charge on any atom is 0.124 e. The van der Waals surface area contributed by atoms with E-state index >= 15 is 0 Å². The molecule has 0 aliphatic heterocycles. The van der Waals surface area contributed by atoms with Gasteiger partial charge >= 0.3 is 0 Å². The second-order valence-electron chi connectivity index (χ2n) is 2.40. The minimum absolute atomic E-state index is 0.859. The van der Waals surface area contributed by atoms with Crippen LogP contribution in [0.5, 0.6) is 0 Å². The number of terminal acetylenes is 1. The molecule has 1 rings (SSSR count). The first-order valence-corrected chi connectivity index (χ1v) is 3.76. The van der Waals surface area contributed by atoms with Gasteiger partial charge in [0.05, 0.1) is 5.69 Å². The van der Waals surface area contributed by atoms with E-state index in [1.54, 1.807) is 6.26 Å². The van der Waals surface area contributed by atoms with E-state index in [-0.39, 0.29) is 0 Å². The van der Waals surface area contributed by atoms with Crippen molar-refractivity contribution < 1.29 is 4.52 Å². The highest BCUT2D eigenvalue weighted by molar-refractivity contribution is 4.95. The normalized spacial score (nSPS) is 9.36. The molecule has 0 spiro atoms. The van der Waals surface area contributed by atoms with Crippen molar-refractivity contribution >= 4 is 0 Å². The summed E-state index contributed by atoms with van der Waals surface area (Å²) >= 11 is 0. The summed E-state index contributed by atoms with van der Waals surface area (Å²) in [6.45, 7) is 0.